The Morgan fingerprint density at radius 2 is 1.00 bits per heavy atom. The molecule has 1 aliphatic heterocycles. The van der Waals surface area contributed by atoms with Gasteiger partial charge in [-0.1, -0.05) is 144 Å². The van der Waals surface area contributed by atoms with E-state index in [0.717, 1.165) is 59.6 Å². The molecule has 0 spiro atoms. The third kappa shape index (κ3) is 11.1. The Morgan fingerprint density at radius 1 is 0.538 bits per heavy atom. The normalized spacial score (nSPS) is 12.2. The third-order valence-corrected chi connectivity index (χ3v) is 10.8. The average Bonchev–Trinajstić information content (AvgIpc) is 3.76. The van der Waals surface area contributed by atoms with E-state index in [1.165, 1.54) is 16.7 Å². The molecule has 0 unspecified atom stereocenters. The van der Waals surface area contributed by atoms with Crippen LogP contribution in [0.2, 0.25) is 0 Å². The molecule has 0 atom stereocenters. The molecular formula is C54H46F6IrN4-4. The summed E-state index contributed by atoms with van der Waals surface area (Å²) in [6.45, 7) is 18.1. The number of benzene rings is 5. The number of hydrogen-bond donors (Lipinski definition) is 0. The molecule has 1 aliphatic rings. The quantitative estimate of drug-likeness (QED) is 0.101. The molecular weight excluding hydrogens is 1010 g/mol. The number of hydrogen-bond acceptors (Lipinski definition) is 4. The average molecular weight is 1060 g/mol. The number of aromatic nitrogens is 2. The maximum Gasteiger partial charge on any atom is 0.0949 e. The van der Waals surface area contributed by atoms with Crippen molar-refractivity contribution >= 4 is 5.82 Å². The smallest absolute Gasteiger partial charge is 0.0949 e. The summed E-state index contributed by atoms with van der Waals surface area (Å²) in [5, 5.41) is 0. The van der Waals surface area contributed by atoms with Gasteiger partial charge in [0, 0.05) is 55.0 Å². The van der Waals surface area contributed by atoms with Crippen LogP contribution in [-0.4, -0.2) is 21.4 Å². The Morgan fingerprint density at radius 3 is 1.42 bits per heavy atom. The Hall–Kier alpha value is -6.03. The number of rotatable bonds is 10. The van der Waals surface area contributed by atoms with Crippen LogP contribution < -0.4 is 4.90 Å². The SMILES string of the molecule is CCN1C=CN(c2cc(-c3c(C(C)C)cc(C(C)C)cc3C(C)C)cc(-c3[c-]cc(F)cc3F)n2)[CH-]1.Fc1c[c-]c(-c2cc(-c3ccccc3)cc(-c3[c-]cc(F)cc3F)n2)c(F)c1.[Ir]. The van der Waals surface area contributed by atoms with Gasteiger partial charge in [-0.2, -0.15) is 0 Å². The molecule has 0 saturated carbocycles. The molecule has 0 saturated heterocycles. The molecule has 0 N–H and O–H groups in total. The Labute approximate surface area is 391 Å². The summed E-state index contributed by atoms with van der Waals surface area (Å²) in [7, 11) is 0. The second-order valence-electron chi connectivity index (χ2n) is 16.4. The van der Waals surface area contributed by atoms with Gasteiger partial charge in [0.1, 0.15) is 0 Å². The van der Waals surface area contributed by atoms with Gasteiger partial charge in [-0.25, -0.2) is 0 Å². The molecule has 3 heterocycles. The van der Waals surface area contributed by atoms with E-state index >= 15 is 0 Å². The zero-order chi connectivity index (χ0) is 45.8. The maximum atomic E-state index is 14.9. The number of anilines is 1. The molecule has 8 rings (SSSR count). The van der Waals surface area contributed by atoms with Crippen LogP contribution in [0.5, 0.6) is 0 Å². The van der Waals surface area contributed by atoms with Crippen molar-refractivity contribution in [2.24, 2.45) is 0 Å². The van der Waals surface area contributed by atoms with Gasteiger partial charge in [0.25, 0.3) is 0 Å². The number of pyridine rings is 2. The van der Waals surface area contributed by atoms with Crippen LogP contribution in [0.25, 0.3) is 56.0 Å². The van der Waals surface area contributed by atoms with Crippen molar-refractivity contribution in [1.82, 2.24) is 14.9 Å². The van der Waals surface area contributed by atoms with E-state index in [1.54, 1.807) is 12.1 Å². The van der Waals surface area contributed by atoms with Gasteiger partial charge in [0.05, 0.1) is 5.82 Å². The van der Waals surface area contributed by atoms with Crippen LogP contribution in [0.15, 0.2) is 116 Å². The van der Waals surface area contributed by atoms with Crippen molar-refractivity contribution < 1.29 is 46.4 Å². The van der Waals surface area contributed by atoms with Crippen molar-refractivity contribution in [1.29, 1.82) is 0 Å². The second kappa shape index (κ2) is 20.9. The van der Waals surface area contributed by atoms with E-state index in [4.69, 9.17) is 4.98 Å². The summed E-state index contributed by atoms with van der Waals surface area (Å²) in [5.41, 5.74) is 8.14. The summed E-state index contributed by atoms with van der Waals surface area (Å²) < 4.78 is 83.7. The van der Waals surface area contributed by atoms with E-state index in [-0.39, 0.29) is 48.2 Å². The van der Waals surface area contributed by atoms with Gasteiger partial charge in [-0.3, -0.25) is 31.3 Å². The largest absolute Gasteiger partial charge is 0.508 e. The zero-order valence-electron chi connectivity index (χ0n) is 36.9. The first-order chi connectivity index (χ1) is 30.6. The van der Waals surface area contributed by atoms with E-state index in [0.29, 0.717) is 34.8 Å². The van der Waals surface area contributed by atoms with Crippen LogP contribution >= 0.6 is 0 Å². The molecule has 2 aromatic heterocycles. The first kappa shape index (κ1) is 48.4. The molecule has 0 amide bonds. The van der Waals surface area contributed by atoms with E-state index in [1.807, 2.05) is 60.4 Å². The van der Waals surface area contributed by atoms with Crippen LogP contribution in [-0.2, 0) is 20.1 Å². The standard InChI is InChI=1S/C31H35F2N3.C23H11F4N.Ir/c1-8-35-11-12-36(18-35)30-16-23(15-29(34-30)25-10-9-24(32)17-28(25)33)31-26(20(4)5)13-22(19(2)3)14-27(31)21(6)7;24-16-6-8-18(20(26)12-16)22-10-15(14-4-2-1-3-5-14)11-23(28-22)19-9-7-17(25)13-21(19)27;/h9,11-21H,8H2,1-7H3;1-7,10-13H;/q2*-2;. The van der Waals surface area contributed by atoms with Crippen LogP contribution in [0.4, 0.5) is 32.2 Å². The summed E-state index contributed by atoms with van der Waals surface area (Å²) in [4.78, 5) is 13.1. The van der Waals surface area contributed by atoms with Gasteiger partial charge in [-0.15, -0.1) is 43.1 Å². The van der Waals surface area contributed by atoms with Gasteiger partial charge >= 0.3 is 0 Å². The summed E-state index contributed by atoms with van der Waals surface area (Å²) in [6, 6.07) is 34.3. The maximum absolute atomic E-state index is 14.9. The molecule has 0 bridgehead atoms. The fourth-order valence-electron chi connectivity index (χ4n) is 7.43. The Bertz CT molecular complexity index is 2730. The molecule has 7 aromatic rings. The van der Waals surface area contributed by atoms with Crippen molar-refractivity contribution in [2.45, 2.75) is 66.2 Å². The molecule has 0 fully saturated rings. The van der Waals surface area contributed by atoms with Gasteiger partial charge in [0.2, 0.25) is 0 Å². The van der Waals surface area contributed by atoms with E-state index in [9.17, 15) is 26.3 Å². The number of halogens is 6. The minimum atomic E-state index is -0.841. The van der Waals surface area contributed by atoms with Crippen LogP contribution in [0.1, 0.15) is 82.9 Å². The first-order valence-electron chi connectivity index (χ1n) is 21.1. The summed E-state index contributed by atoms with van der Waals surface area (Å²) >= 11 is 0. The molecule has 1 radical (unpaired) electrons. The second-order valence-corrected chi connectivity index (χ2v) is 16.4. The van der Waals surface area contributed by atoms with Gasteiger partial charge < -0.3 is 14.8 Å². The van der Waals surface area contributed by atoms with Crippen molar-refractivity contribution in [3.05, 3.63) is 192 Å². The predicted molar refractivity (Wildman–Crippen MR) is 242 cm³/mol. The monoisotopic (exact) mass is 1060 g/mol. The minimum Gasteiger partial charge on any atom is -0.508 e. The van der Waals surface area contributed by atoms with Crippen molar-refractivity contribution in [3.63, 3.8) is 0 Å². The van der Waals surface area contributed by atoms with Gasteiger partial charge in [-0.05, 0) is 98.8 Å². The number of nitrogens with zero attached hydrogens (tertiary/aromatic N) is 4. The van der Waals surface area contributed by atoms with Gasteiger partial charge in [0.15, 0.2) is 0 Å². The van der Waals surface area contributed by atoms with Crippen LogP contribution in [0, 0.1) is 59.8 Å². The van der Waals surface area contributed by atoms with E-state index < -0.39 is 34.9 Å². The molecule has 0 aliphatic carbocycles. The van der Waals surface area contributed by atoms with Crippen LogP contribution in [0.3, 0.4) is 0 Å². The first-order valence-corrected chi connectivity index (χ1v) is 21.1. The fourth-order valence-corrected chi connectivity index (χ4v) is 7.43. The zero-order valence-corrected chi connectivity index (χ0v) is 39.3. The van der Waals surface area contributed by atoms with E-state index in [2.05, 4.69) is 94.7 Å². The fraction of sp³-hybridized carbons (Fsp3) is 0.204. The minimum absolute atomic E-state index is 0. The summed E-state index contributed by atoms with van der Waals surface area (Å²) in [6.07, 6.45) is 3.92. The molecule has 11 heteroatoms. The Balaban J connectivity index is 0.000000218. The summed E-state index contributed by atoms with van der Waals surface area (Å²) in [5.74, 6) is -2.88. The molecule has 65 heavy (non-hydrogen) atoms. The predicted octanol–water partition coefficient (Wildman–Crippen LogP) is 14.8. The molecule has 4 nitrogen and oxygen atoms in total. The molecule has 5 aromatic carbocycles. The molecule has 337 valence electrons. The van der Waals surface area contributed by atoms with Crippen molar-refractivity contribution in [2.75, 3.05) is 11.4 Å². The topological polar surface area (TPSA) is 32.3 Å². The third-order valence-electron chi connectivity index (χ3n) is 10.8. The Kier molecular flexibility index (Phi) is 15.5. The van der Waals surface area contributed by atoms with Crippen molar-refractivity contribution in [3.8, 4) is 56.0 Å².